The second-order valence-corrected chi connectivity index (χ2v) is 9.89. The number of rotatable bonds is 4. The molecule has 1 aromatic heterocycles. The fourth-order valence-electron chi connectivity index (χ4n) is 4.23. The summed E-state index contributed by atoms with van der Waals surface area (Å²) < 4.78 is 0. The zero-order valence-corrected chi connectivity index (χ0v) is 21.0. The summed E-state index contributed by atoms with van der Waals surface area (Å²) in [6.07, 6.45) is 2.92. The van der Waals surface area contributed by atoms with E-state index >= 15 is 0 Å². The average Bonchev–Trinajstić information content (AvgIpc) is 3.44. The van der Waals surface area contributed by atoms with Gasteiger partial charge in [-0.3, -0.25) is 0 Å². The lowest BCUT2D eigenvalue weighted by atomic mass is 10.1. The third-order valence-electron chi connectivity index (χ3n) is 6.19. The molecular formula is C32H25NO3S. The first-order chi connectivity index (χ1) is 18.1. The van der Waals surface area contributed by atoms with Gasteiger partial charge in [-0.05, 0) is 102 Å². The molecule has 5 rings (SSSR count). The van der Waals surface area contributed by atoms with Gasteiger partial charge in [0, 0.05) is 20.9 Å². The Labute approximate surface area is 221 Å². The highest BCUT2D eigenvalue weighted by Gasteiger charge is 2.19. The standard InChI is InChI=1S/C32H25NO3S/c34-20-24-8-4-22(5-9-24)12-14-26-18-28(37-32-17-16-31(36)29-2-1-3-30(29)32)19-27(33-26)15-13-23-6-10-25(21-35)11-7-23/h4-11,16-19,34-36H,1-3,20-21H2. The maximum atomic E-state index is 10.2. The molecule has 3 N–H and O–H groups in total. The summed E-state index contributed by atoms with van der Waals surface area (Å²) in [4.78, 5) is 6.79. The van der Waals surface area contributed by atoms with Crippen molar-refractivity contribution in [2.45, 2.75) is 42.3 Å². The Kier molecular flexibility index (Phi) is 7.59. The molecule has 4 aromatic rings. The van der Waals surface area contributed by atoms with Crippen molar-refractivity contribution in [2.75, 3.05) is 0 Å². The number of pyridine rings is 1. The van der Waals surface area contributed by atoms with Gasteiger partial charge in [-0.25, -0.2) is 4.98 Å². The molecule has 4 nitrogen and oxygen atoms in total. The second-order valence-electron chi connectivity index (χ2n) is 8.78. The fraction of sp³-hybridized carbons (Fsp3) is 0.156. The van der Waals surface area contributed by atoms with Crippen LogP contribution in [0.4, 0.5) is 0 Å². The number of nitrogens with zero attached hydrogens (tertiary/aromatic N) is 1. The van der Waals surface area contributed by atoms with E-state index < -0.39 is 0 Å². The average molecular weight is 504 g/mol. The molecule has 0 saturated heterocycles. The molecule has 0 aliphatic heterocycles. The van der Waals surface area contributed by atoms with Crippen molar-refractivity contribution in [1.29, 1.82) is 0 Å². The van der Waals surface area contributed by atoms with Gasteiger partial charge in [0.15, 0.2) is 0 Å². The van der Waals surface area contributed by atoms with Crippen LogP contribution in [0.2, 0.25) is 0 Å². The van der Waals surface area contributed by atoms with E-state index in [9.17, 15) is 15.3 Å². The van der Waals surface area contributed by atoms with Crippen molar-refractivity contribution >= 4 is 11.8 Å². The van der Waals surface area contributed by atoms with Crippen molar-refractivity contribution in [2.24, 2.45) is 0 Å². The summed E-state index contributed by atoms with van der Waals surface area (Å²) >= 11 is 1.64. The number of aliphatic hydroxyl groups excluding tert-OH is 2. The Morgan fingerprint density at radius 3 is 1.76 bits per heavy atom. The summed E-state index contributed by atoms with van der Waals surface area (Å²) in [7, 11) is 0. The SMILES string of the molecule is OCc1ccc(C#Cc2cc(Sc3ccc(O)c4c3CCC4)cc(C#Cc3ccc(CO)cc3)n2)cc1. The summed E-state index contributed by atoms with van der Waals surface area (Å²) in [5, 5.41) is 28.8. The zero-order chi connectivity index (χ0) is 25.6. The maximum absolute atomic E-state index is 10.2. The first kappa shape index (κ1) is 24.7. The number of phenols is 1. The van der Waals surface area contributed by atoms with E-state index in [2.05, 4.69) is 28.7 Å². The highest BCUT2D eigenvalue weighted by molar-refractivity contribution is 7.99. The van der Waals surface area contributed by atoms with Crippen LogP contribution in [0.15, 0.2) is 82.6 Å². The van der Waals surface area contributed by atoms with Gasteiger partial charge in [0.1, 0.15) is 17.1 Å². The van der Waals surface area contributed by atoms with Crippen molar-refractivity contribution in [1.82, 2.24) is 4.98 Å². The molecule has 3 aromatic carbocycles. The number of benzene rings is 3. The minimum atomic E-state index is 0.000250. The van der Waals surface area contributed by atoms with Crippen molar-refractivity contribution in [3.8, 4) is 29.4 Å². The number of aliphatic hydroxyl groups is 2. The lowest BCUT2D eigenvalue weighted by Gasteiger charge is -2.10. The quantitative estimate of drug-likeness (QED) is 0.334. The Balaban J connectivity index is 1.50. The molecule has 0 saturated carbocycles. The lowest BCUT2D eigenvalue weighted by Crippen LogP contribution is -1.92. The van der Waals surface area contributed by atoms with Gasteiger partial charge in [-0.1, -0.05) is 47.9 Å². The molecule has 1 heterocycles. The van der Waals surface area contributed by atoms with Crippen LogP contribution in [0, 0.1) is 23.7 Å². The topological polar surface area (TPSA) is 73.6 Å². The van der Waals surface area contributed by atoms with Crippen LogP contribution in [0.1, 0.15) is 51.2 Å². The molecule has 182 valence electrons. The highest BCUT2D eigenvalue weighted by Crippen LogP contribution is 2.40. The van der Waals surface area contributed by atoms with Crippen LogP contribution >= 0.6 is 11.8 Å². The third-order valence-corrected chi connectivity index (χ3v) is 7.26. The Hall–Kier alpha value is -4.00. The van der Waals surface area contributed by atoms with Gasteiger partial charge >= 0.3 is 0 Å². The number of fused-ring (bicyclic) bond motifs is 1. The summed E-state index contributed by atoms with van der Waals surface area (Å²) in [6.45, 7) is 0.000500. The van der Waals surface area contributed by atoms with E-state index in [0.29, 0.717) is 17.1 Å². The van der Waals surface area contributed by atoms with E-state index in [-0.39, 0.29) is 13.2 Å². The molecule has 0 bridgehead atoms. The van der Waals surface area contributed by atoms with Crippen LogP contribution in [-0.2, 0) is 26.1 Å². The van der Waals surface area contributed by atoms with E-state index in [1.54, 1.807) is 17.8 Å². The number of aromatic hydroxyl groups is 1. The zero-order valence-electron chi connectivity index (χ0n) is 20.2. The summed E-state index contributed by atoms with van der Waals surface area (Å²) in [5.74, 6) is 13.0. The molecule has 0 atom stereocenters. The molecule has 0 radical (unpaired) electrons. The van der Waals surface area contributed by atoms with Gasteiger partial charge in [0.05, 0.1) is 13.2 Å². The van der Waals surface area contributed by atoms with Gasteiger partial charge in [0.2, 0.25) is 0 Å². The molecule has 0 unspecified atom stereocenters. The van der Waals surface area contributed by atoms with Crippen LogP contribution < -0.4 is 0 Å². The highest BCUT2D eigenvalue weighted by atomic mass is 32.2. The number of hydrogen-bond donors (Lipinski definition) is 3. The van der Waals surface area contributed by atoms with E-state index in [4.69, 9.17) is 0 Å². The molecule has 37 heavy (non-hydrogen) atoms. The van der Waals surface area contributed by atoms with Crippen molar-refractivity contribution in [3.63, 3.8) is 0 Å². The Morgan fingerprint density at radius 2 is 1.22 bits per heavy atom. The van der Waals surface area contributed by atoms with Gasteiger partial charge in [0.25, 0.3) is 0 Å². The van der Waals surface area contributed by atoms with Crippen LogP contribution in [0.5, 0.6) is 5.75 Å². The summed E-state index contributed by atoms with van der Waals surface area (Å²) in [5.41, 5.74) is 6.86. The largest absolute Gasteiger partial charge is 0.508 e. The maximum Gasteiger partial charge on any atom is 0.119 e. The fourth-order valence-corrected chi connectivity index (χ4v) is 5.31. The molecular weight excluding hydrogens is 478 g/mol. The van der Waals surface area contributed by atoms with Crippen molar-refractivity contribution < 1.29 is 15.3 Å². The molecule has 0 fully saturated rings. The van der Waals surface area contributed by atoms with E-state index in [0.717, 1.165) is 56.9 Å². The van der Waals surface area contributed by atoms with Crippen LogP contribution in [0.25, 0.3) is 0 Å². The number of hydrogen-bond acceptors (Lipinski definition) is 5. The van der Waals surface area contributed by atoms with Crippen LogP contribution in [-0.4, -0.2) is 20.3 Å². The first-order valence-corrected chi connectivity index (χ1v) is 12.9. The molecule has 5 heteroatoms. The third kappa shape index (κ3) is 6.05. The lowest BCUT2D eigenvalue weighted by molar-refractivity contribution is 0.281. The predicted octanol–water partition coefficient (Wildman–Crippen LogP) is 5.21. The van der Waals surface area contributed by atoms with Crippen molar-refractivity contribution in [3.05, 3.63) is 118 Å². The van der Waals surface area contributed by atoms with Gasteiger partial charge in [-0.15, -0.1) is 0 Å². The number of aromatic nitrogens is 1. The second kappa shape index (κ2) is 11.4. The molecule has 1 aliphatic rings. The normalized spacial score (nSPS) is 11.7. The van der Waals surface area contributed by atoms with Crippen LogP contribution in [0.3, 0.4) is 0 Å². The molecule has 0 spiro atoms. The monoisotopic (exact) mass is 503 g/mol. The minimum absolute atomic E-state index is 0.000250. The molecule has 0 amide bonds. The van der Waals surface area contributed by atoms with E-state index in [1.165, 1.54) is 5.56 Å². The van der Waals surface area contributed by atoms with E-state index in [1.807, 2.05) is 66.7 Å². The first-order valence-electron chi connectivity index (χ1n) is 12.1. The smallest absolute Gasteiger partial charge is 0.119 e. The predicted molar refractivity (Wildman–Crippen MR) is 145 cm³/mol. The number of phenolic OH excluding ortho intramolecular Hbond substituents is 1. The van der Waals surface area contributed by atoms with Gasteiger partial charge in [-0.2, -0.15) is 0 Å². The molecule has 1 aliphatic carbocycles. The summed E-state index contributed by atoms with van der Waals surface area (Å²) in [6, 6.07) is 22.6. The Morgan fingerprint density at radius 1 is 0.676 bits per heavy atom. The Bertz CT molecular complexity index is 1470. The minimum Gasteiger partial charge on any atom is -0.508 e. The van der Waals surface area contributed by atoms with Gasteiger partial charge < -0.3 is 15.3 Å².